The van der Waals surface area contributed by atoms with E-state index in [0.717, 1.165) is 16.7 Å². The Labute approximate surface area is 144 Å². The standard InChI is InChI=1S/C19H15ClFN3/c1-12-2-4-13(5-3-12)16(11-22)19-23-17(10-18(20)24-19)14-6-8-15(21)9-7-14/h2-11H,22H2,1H3. The fourth-order valence-electron chi connectivity index (χ4n) is 2.34. The molecule has 0 aliphatic rings. The second-order valence-electron chi connectivity index (χ2n) is 5.35. The van der Waals surface area contributed by atoms with Gasteiger partial charge in [0.25, 0.3) is 0 Å². The maximum Gasteiger partial charge on any atom is 0.163 e. The summed E-state index contributed by atoms with van der Waals surface area (Å²) in [6.07, 6.45) is 1.46. The average Bonchev–Trinajstić information content (AvgIpc) is 2.57. The summed E-state index contributed by atoms with van der Waals surface area (Å²) < 4.78 is 13.1. The molecule has 0 aliphatic carbocycles. The third kappa shape index (κ3) is 3.44. The van der Waals surface area contributed by atoms with Crippen molar-refractivity contribution >= 4 is 17.2 Å². The number of hydrogen-bond acceptors (Lipinski definition) is 3. The lowest BCUT2D eigenvalue weighted by molar-refractivity contribution is 0.628. The molecule has 0 spiro atoms. The topological polar surface area (TPSA) is 51.8 Å². The molecular formula is C19H15ClFN3. The van der Waals surface area contributed by atoms with E-state index < -0.39 is 0 Å². The van der Waals surface area contributed by atoms with Crippen molar-refractivity contribution in [2.75, 3.05) is 0 Å². The van der Waals surface area contributed by atoms with Crippen LogP contribution in [0.1, 0.15) is 17.0 Å². The van der Waals surface area contributed by atoms with Gasteiger partial charge >= 0.3 is 0 Å². The van der Waals surface area contributed by atoms with Crippen molar-refractivity contribution in [1.29, 1.82) is 0 Å². The predicted molar refractivity (Wildman–Crippen MR) is 94.9 cm³/mol. The Bertz CT molecular complexity index is 887. The molecule has 0 saturated carbocycles. The molecule has 5 heteroatoms. The number of hydrogen-bond donors (Lipinski definition) is 1. The molecular weight excluding hydrogens is 325 g/mol. The molecule has 1 heterocycles. The molecule has 0 saturated heterocycles. The minimum atomic E-state index is -0.304. The van der Waals surface area contributed by atoms with Gasteiger partial charge in [-0.3, -0.25) is 0 Å². The van der Waals surface area contributed by atoms with E-state index in [1.165, 1.54) is 18.3 Å². The van der Waals surface area contributed by atoms with Gasteiger partial charge in [0.15, 0.2) is 5.82 Å². The van der Waals surface area contributed by atoms with E-state index >= 15 is 0 Å². The SMILES string of the molecule is Cc1ccc(C(=CN)c2nc(Cl)cc(-c3ccc(F)cc3)n2)cc1. The van der Waals surface area contributed by atoms with Gasteiger partial charge in [0.05, 0.1) is 5.69 Å². The zero-order valence-electron chi connectivity index (χ0n) is 13.0. The quantitative estimate of drug-likeness (QED) is 0.710. The molecule has 2 N–H and O–H groups in total. The number of nitrogens with two attached hydrogens (primary N) is 1. The van der Waals surface area contributed by atoms with Crippen LogP contribution in [0.15, 0.2) is 60.8 Å². The van der Waals surface area contributed by atoms with Gasteiger partial charge in [-0.25, -0.2) is 14.4 Å². The van der Waals surface area contributed by atoms with Crippen molar-refractivity contribution in [3.8, 4) is 11.3 Å². The van der Waals surface area contributed by atoms with E-state index in [4.69, 9.17) is 17.3 Å². The lowest BCUT2D eigenvalue weighted by Gasteiger charge is -2.09. The first-order chi connectivity index (χ1) is 11.6. The summed E-state index contributed by atoms with van der Waals surface area (Å²) in [5.74, 6) is 0.120. The summed E-state index contributed by atoms with van der Waals surface area (Å²) in [6.45, 7) is 2.01. The van der Waals surface area contributed by atoms with Crippen LogP contribution in [-0.2, 0) is 0 Å². The lowest BCUT2D eigenvalue weighted by atomic mass is 10.0. The van der Waals surface area contributed by atoms with Crippen LogP contribution in [0.2, 0.25) is 5.15 Å². The number of benzene rings is 2. The van der Waals surface area contributed by atoms with Crippen LogP contribution in [0.4, 0.5) is 4.39 Å². The molecule has 120 valence electrons. The van der Waals surface area contributed by atoms with Crippen LogP contribution >= 0.6 is 11.6 Å². The summed E-state index contributed by atoms with van der Waals surface area (Å²) in [4.78, 5) is 8.82. The Morgan fingerprint density at radius 3 is 2.33 bits per heavy atom. The van der Waals surface area contributed by atoms with Crippen LogP contribution in [0.3, 0.4) is 0 Å². The van der Waals surface area contributed by atoms with E-state index in [-0.39, 0.29) is 5.82 Å². The first-order valence-corrected chi connectivity index (χ1v) is 7.74. The number of aromatic nitrogens is 2. The molecule has 0 bridgehead atoms. The van der Waals surface area contributed by atoms with Crippen LogP contribution in [0.5, 0.6) is 0 Å². The van der Waals surface area contributed by atoms with Crippen LogP contribution in [0, 0.1) is 12.7 Å². The van der Waals surface area contributed by atoms with Crippen LogP contribution in [-0.4, -0.2) is 9.97 Å². The van der Waals surface area contributed by atoms with Crippen molar-refractivity contribution in [2.45, 2.75) is 6.92 Å². The molecule has 3 aromatic rings. The van der Waals surface area contributed by atoms with Crippen molar-refractivity contribution in [1.82, 2.24) is 9.97 Å². The highest BCUT2D eigenvalue weighted by atomic mass is 35.5. The Kier molecular flexibility index (Phi) is 4.58. The molecule has 0 amide bonds. The second-order valence-corrected chi connectivity index (χ2v) is 5.74. The van der Waals surface area contributed by atoms with Crippen molar-refractivity contribution < 1.29 is 4.39 Å². The van der Waals surface area contributed by atoms with Gasteiger partial charge in [0.2, 0.25) is 0 Å². The third-order valence-electron chi connectivity index (χ3n) is 3.61. The second kappa shape index (κ2) is 6.81. The normalized spacial score (nSPS) is 11.5. The van der Waals surface area contributed by atoms with Gasteiger partial charge in [-0.2, -0.15) is 0 Å². The van der Waals surface area contributed by atoms with Crippen molar-refractivity contribution in [2.24, 2.45) is 5.73 Å². The summed E-state index contributed by atoms with van der Waals surface area (Å²) in [7, 11) is 0. The molecule has 24 heavy (non-hydrogen) atoms. The van der Waals surface area contributed by atoms with E-state index in [1.807, 2.05) is 31.2 Å². The van der Waals surface area contributed by atoms with Gasteiger partial charge in [0.1, 0.15) is 11.0 Å². The Morgan fingerprint density at radius 2 is 1.71 bits per heavy atom. The predicted octanol–water partition coefficient (Wildman–Crippen LogP) is 4.59. The minimum Gasteiger partial charge on any atom is -0.404 e. The molecule has 1 aromatic heterocycles. The smallest absolute Gasteiger partial charge is 0.163 e. The first kappa shape index (κ1) is 16.1. The number of rotatable bonds is 3. The van der Waals surface area contributed by atoms with Gasteiger partial charge < -0.3 is 5.73 Å². The number of nitrogens with zero attached hydrogens (tertiary/aromatic N) is 2. The summed E-state index contributed by atoms with van der Waals surface area (Å²) in [5, 5.41) is 0.297. The maximum absolute atomic E-state index is 13.1. The van der Waals surface area contributed by atoms with Crippen molar-refractivity contribution in [3.63, 3.8) is 0 Å². The molecule has 2 aromatic carbocycles. The molecule has 0 fully saturated rings. The average molecular weight is 340 g/mol. The molecule has 0 unspecified atom stereocenters. The van der Waals surface area contributed by atoms with Crippen molar-refractivity contribution in [3.05, 3.63) is 88.7 Å². The van der Waals surface area contributed by atoms with Gasteiger partial charge in [-0.05, 0) is 36.8 Å². The zero-order chi connectivity index (χ0) is 17.1. The molecule has 3 rings (SSSR count). The molecule has 0 atom stereocenters. The highest BCUT2D eigenvalue weighted by Gasteiger charge is 2.12. The van der Waals surface area contributed by atoms with Gasteiger partial charge in [-0.1, -0.05) is 41.4 Å². The molecule has 0 radical (unpaired) electrons. The lowest BCUT2D eigenvalue weighted by Crippen LogP contribution is -2.01. The number of aryl methyl sites for hydroxylation is 1. The van der Waals surface area contributed by atoms with Crippen LogP contribution in [0.25, 0.3) is 16.8 Å². The van der Waals surface area contributed by atoms with Crippen LogP contribution < -0.4 is 5.73 Å². The fourth-order valence-corrected chi connectivity index (χ4v) is 2.52. The van der Waals surface area contributed by atoms with Gasteiger partial charge in [0, 0.05) is 23.4 Å². The van der Waals surface area contributed by atoms with E-state index in [1.54, 1.807) is 18.2 Å². The summed E-state index contributed by atoms with van der Waals surface area (Å²) in [6, 6.07) is 15.6. The largest absolute Gasteiger partial charge is 0.404 e. The minimum absolute atomic E-state index is 0.297. The number of halogens is 2. The monoisotopic (exact) mass is 339 g/mol. The first-order valence-electron chi connectivity index (χ1n) is 7.36. The fraction of sp³-hybridized carbons (Fsp3) is 0.0526. The van der Waals surface area contributed by atoms with E-state index in [0.29, 0.717) is 22.2 Å². The van der Waals surface area contributed by atoms with E-state index in [9.17, 15) is 4.39 Å². The van der Waals surface area contributed by atoms with E-state index in [2.05, 4.69) is 9.97 Å². The zero-order valence-corrected chi connectivity index (χ0v) is 13.8. The molecule has 3 nitrogen and oxygen atoms in total. The third-order valence-corrected chi connectivity index (χ3v) is 3.80. The highest BCUT2D eigenvalue weighted by Crippen LogP contribution is 2.26. The Balaban J connectivity index is 2.07. The van der Waals surface area contributed by atoms with Gasteiger partial charge in [-0.15, -0.1) is 0 Å². The Morgan fingerprint density at radius 1 is 1.04 bits per heavy atom. The summed E-state index contributed by atoms with van der Waals surface area (Å²) >= 11 is 6.15. The highest BCUT2D eigenvalue weighted by molar-refractivity contribution is 6.29. The Hall–Kier alpha value is -2.72. The molecule has 0 aliphatic heterocycles. The maximum atomic E-state index is 13.1. The summed E-state index contributed by atoms with van der Waals surface area (Å²) in [5.41, 5.74) is 9.89.